The van der Waals surface area contributed by atoms with E-state index in [0.717, 1.165) is 49.9 Å². The van der Waals surface area contributed by atoms with E-state index in [1.54, 1.807) is 14.0 Å². The Morgan fingerprint density at radius 2 is 2.00 bits per heavy atom. The van der Waals surface area contributed by atoms with Gasteiger partial charge in [-0.2, -0.15) is 0 Å². The van der Waals surface area contributed by atoms with Crippen molar-refractivity contribution in [2.75, 3.05) is 18.5 Å². The molecule has 2 aliphatic rings. The molecule has 3 atom stereocenters. The van der Waals surface area contributed by atoms with Gasteiger partial charge in [0.05, 0.1) is 23.0 Å². The van der Waals surface area contributed by atoms with Crippen molar-refractivity contribution in [1.82, 2.24) is 15.3 Å². The number of aryl methyl sites for hydroxylation is 1. The molecule has 0 bridgehead atoms. The van der Waals surface area contributed by atoms with Crippen LogP contribution in [0.3, 0.4) is 0 Å². The Hall–Kier alpha value is -2.61. The predicted octanol–water partition coefficient (Wildman–Crippen LogP) is 5.05. The third kappa shape index (κ3) is 4.92. The van der Waals surface area contributed by atoms with Gasteiger partial charge in [-0.3, -0.25) is 14.6 Å². The van der Waals surface area contributed by atoms with Gasteiger partial charge < -0.3 is 10.2 Å². The minimum atomic E-state index is -0.666. The highest BCUT2D eigenvalue weighted by Crippen LogP contribution is 2.36. The largest absolute Gasteiger partial charge is 0.359 e. The zero-order valence-corrected chi connectivity index (χ0v) is 20.2. The lowest BCUT2D eigenvalue weighted by Gasteiger charge is -2.35. The molecule has 1 aromatic carbocycles. The van der Waals surface area contributed by atoms with Crippen LogP contribution in [0.2, 0.25) is 5.02 Å². The Balaban J connectivity index is 1.60. The maximum absolute atomic E-state index is 14.7. The summed E-state index contributed by atoms with van der Waals surface area (Å²) in [6.07, 6.45) is 6.77. The van der Waals surface area contributed by atoms with Gasteiger partial charge in [-0.1, -0.05) is 24.4 Å². The summed E-state index contributed by atoms with van der Waals surface area (Å²) in [4.78, 5) is 36.4. The molecule has 2 aromatic rings. The zero-order chi connectivity index (χ0) is 24.4. The average molecular weight is 491 g/mol. The number of ketones is 1. The standard InChI is InChI=1S/C25H29ClF2N4O2/c1-14(18-11-16(27)12-19(26)23(18)28)32-9-5-8-20-24(32)31-21(13-30-20)22(33)10-15-6-3-4-7-17(15)25(34)29-2/h11-15,17H,3-10H2,1-2H3,(H,29,34). The minimum Gasteiger partial charge on any atom is -0.359 e. The molecule has 1 saturated carbocycles. The van der Waals surface area contributed by atoms with Gasteiger partial charge in [0.15, 0.2) is 11.6 Å². The Kier molecular flexibility index (Phi) is 7.45. The molecule has 182 valence electrons. The third-order valence-electron chi connectivity index (χ3n) is 7.08. The topological polar surface area (TPSA) is 75.2 Å². The number of Topliss-reactive ketones (excluding diaryl/α,β-unsaturated/α-hetero) is 1. The molecule has 1 fully saturated rings. The van der Waals surface area contributed by atoms with Crippen molar-refractivity contribution in [2.45, 2.75) is 57.9 Å². The Labute approximate surface area is 203 Å². The molecule has 3 unspecified atom stereocenters. The number of halogens is 3. The average Bonchev–Trinajstić information content (AvgIpc) is 2.84. The number of nitrogens with zero attached hydrogens (tertiary/aromatic N) is 3. The summed E-state index contributed by atoms with van der Waals surface area (Å²) in [5, 5.41) is 2.44. The van der Waals surface area contributed by atoms with Crippen molar-refractivity contribution in [1.29, 1.82) is 0 Å². The Morgan fingerprint density at radius 1 is 1.24 bits per heavy atom. The molecule has 6 nitrogen and oxygen atoms in total. The SMILES string of the molecule is CNC(=O)C1CCCCC1CC(=O)c1cnc2c(n1)N(C(C)c1cc(F)cc(Cl)c1F)CCC2. The van der Waals surface area contributed by atoms with E-state index in [0.29, 0.717) is 18.8 Å². The summed E-state index contributed by atoms with van der Waals surface area (Å²) in [6.45, 7) is 2.32. The van der Waals surface area contributed by atoms with E-state index in [1.165, 1.54) is 6.20 Å². The van der Waals surface area contributed by atoms with Crippen LogP contribution in [0.25, 0.3) is 0 Å². The van der Waals surface area contributed by atoms with Crippen LogP contribution in [0.4, 0.5) is 14.6 Å². The highest BCUT2D eigenvalue weighted by molar-refractivity contribution is 6.30. The van der Waals surface area contributed by atoms with Crippen molar-refractivity contribution in [2.24, 2.45) is 11.8 Å². The van der Waals surface area contributed by atoms with E-state index in [4.69, 9.17) is 11.6 Å². The normalized spacial score (nSPS) is 21.0. The van der Waals surface area contributed by atoms with Crippen molar-refractivity contribution in [3.05, 3.63) is 51.9 Å². The number of anilines is 1. The molecule has 1 aromatic heterocycles. The van der Waals surface area contributed by atoms with Gasteiger partial charge in [0.25, 0.3) is 0 Å². The second kappa shape index (κ2) is 10.3. The zero-order valence-electron chi connectivity index (χ0n) is 19.4. The number of fused-ring (bicyclic) bond motifs is 1. The second-order valence-electron chi connectivity index (χ2n) is 9.18. The van der Waals surface area contributed by atoms with Gasteiger partial charge in [0.2, 0.25) is 5.91 Å². The van der Waals surface area contributed by atoms with Gasteiger partial charge in [0.1, 0.15) is 17.3 Å². The molecule has 4 rings (SSSR count). The fraction of sp³-hybridized carbons (Fsp3) is 0.520. The van der Waals surface area contributed by atoms with E-state index in [-0.39, 0.29) is 46.2 Å². The van der Waals surface area contributed by atoms with Crippen LogP contribution in [0.1, 0.15) is 73.2 Å². The molecule has 1 aliphatic heterocycles. The van der Waals surface area contributed by atoms with Gasteiger partial charge in [-0.05, 0) is 50.7 Å². The van der Waals surface area contributed by atoms with Crippen LogP contribution in [-0.4, -0.2) is 35.3 Å². The van der Waals surface area contributed by atoms with Gasteiger partial charge in [-0.15, -0.1) is 0 Å². The summed E-state index contributed by atoms with van der Waals surface area (Å²) in [5.74, 6) is -1.16. The number of carbonyl (C=O) groups excluding carboxylic acids is 2. The molecular formula is C25H29ClF2N4O2. The number of carbonyl (C=O) groups is 2. The lowest BCUT2D eigenvalue weighted by molar-refractivity contribution is -0.127. The van der Waals surface area contributed by atoms with E-state index in [1.807, 2.05) is 4.90 Å². The number of amides is 1. The Morgan fingerprint density at radius 3 is 2.76 bits per heavy atom. The molecule has 34 heavy (non-hydrogen) atoms. The number of hydrogen-bond donors (Lipinski definition) is 1. The van der Waals surface area contributed by atoms with Gasteiger partial charge in [-0.25, -0.2) is 13.8 Å². The second-order valence-corrected chi connectivity index (χ2v) is 9.59. The third-order valence-corrected chi connectivity index (χ3v) is 7.35. The fourth-order valence-electron chi connectivity index (χ4n) is 5.22. The van der Waals surface area contributed by atoms with Crippen LogP contribution in [-0.2, 0) is 11.2 Å². The smallest absolute Gasteiger partial charge is 0.223 e. The van der Waals surface area contributed by atoms with Crippen LogP contribution >= 0.6 is 11.6 Å². The molecular weight excluding hydrogens is 462 g/mol. The summed E-state index contributed by atoms with van der Waals surface area (Å²) < 4.78 is 28.7. The van der Waals surface area contributed by atoms with Crippen molar-refractivity contribution >= 4 is 29.1 Å². The first-order valence-electron chi connectivity index (χ1n) is 11.8. The maximum atomic E-state index is 14.7. The monoisotopic (exact) mass is 490 g/mol. The number of aromatic nitrogens is 2. The van der Waals surface area contributed by atoms with Crippen molar-refractivity contribution in [3.63, 3.8) is 0 Å². The molecule has 2 heterocycles. The van der Waals surface area contributed by atoms with Gasteiger partial charge in [0, 0.05) is 31.5 Å². The molecule has 0 spiro atoms. The van der Waals surface area contributed by atoms with Crippen LogP contribution in [0, 0.1) is 23.5 Å². The quantitative estimate of drug-likeness (QED) is 0.453. The highest BCUT2D eigenvalue weighted by atomic mass is 35.5. The Bertz CT molecular complexity index is 1100. The summed E-state index contributed by atoms with van der Waals surface area (Å²) in [6, 6.07) is 1.54. The van der Waals surface area contributed by atoms with Crippen molar-refractivity contribution < 1.29 is 18.4 Å². The van der Waals surface area contributed by atoms with Crippen LogP contribution in [0.15, 0.2) is 18.3 Å². The van der Waals surface area contributed by atoms with Gasteiger partial charge >= 0.3 is 0 Å². The molecule has 1 amide bonds. The number of benzene rings is 1. The lowest BCUT2D eigenvalue weighted by atomic mass is 9.76. The predicted molar refractivity (Wildman–Crippen MR) is 126 cm³/mol. The summed E-state index contributed by atoms with van der Waals surface area (Å²) in [5.41, 5.74) is 1.09. The first kappa shape index (κ1) is 24.5. The van der Waals surface area contributed by atoms with Crippen LogP contribution < -0.4 is 10.2 Å². The van der Waals surface area contributed by atoms with E-state index in [9.17, 15) is 18.4 Å². The minimum absolute atomic E-state index is 0.0233. The molecule has 9 heteroatoms. The first-order chi connectivity index (χ1) is 16.3. The molecule has 0 radical (unpaired) electrons. The fourth-order valence-corrected chi connectivity index (χ4v) is 5.43. The van der Waals surface area contributed by atoms with Crippen LogP contribution in [0.5, 0.6) is 0 Å². The summed E-state index contributed by atoms with van der Waals surface area (Å²) in [7, 11) is 1.62. The summed E-state index contributed by atoms with van der Waals surface area (Å²) >= 11 is 5.87. The molecule has 0 saturated heterocycles. The van der Waals surface area contributed by atoms with Crippen molar-refractivity contribution in [3.8, 4) is 0 Å². The van der Waals surface area contributed by atoms with E-state index >= 15 is 0 Å². The molecule has 1 aliphatic carbocycles. The van der Waals surface area contributed by atoms with E-state index < -0.39 is 17.7 Å². The number of rotatable bonds is 6. The molecule has 1 N–H and O–H groups in total. The number of hydrogen-bond acceptors (Lipinski definition) is 5. The highest BCUT2D eigenvalue weighted by Gasteiger charge is 2.33. The lowest BCUT2D eigenvalue weighted by Crippen LogP contribution is -2.36. The maximum Gasteiger partial charge on any atom is 0.223 e. The number of nitrogens with one attached hydrogen (secondary N) is 1. The van der Waals surface area contributed by atoms with E-state index in [2.05, 4.69) is 15.3 Å². The first-order valence-corrected chi connectivity index (χ1v) is 12.2.